The van der Waals surface area contributed by atoms with Crippen molar-refractivity contribution in [3.8, 4) is 0 Å². The molecule has 2 unspecified atom stereocenters. The Morgan fingerprint density at radius 3 is 3.00 bits per heavy atom. The zero-order chi connectivity index (χ0) is 6.69. The lowest BCUT2D eigenvalue weighted by atomic mass is 10.2. The average molecular weight is 130 g/mol. The van der Waals surface area contributed by atoms with Crippen molar-refractivity contribution >= 4 is 0 Å². The molecule has 0 amide bonds. The SMILES string of the molecule is C=CCC(OO)C1CO1. The number of hydrogen-bond donors (Lipinski definition) is 1. The molecule has 1 aliphatic rings. The van der Waals surface area contributed by atoms with Crippen LogP contribution in [0.2, 0.25) is 0 Å². The van der Waals surface area contributed by atoms with Gasteiger partial charge in [-0.25, -0.2) is 4.89 Å². The fraction of sp³-hybridized carbons (Fsp3) is 0.667. The molecular weight excluding hydrogens is 120 g/mol. The Bertz CT molecular complexity index is 98.5. The van der Waals surface area contributed by atoms with E-state index in [-0.39, 0.29) is 12.2 Å². The van der Waals surface area contributed by atoms with Gasteiger partial charge in [-0.1, -0.05) is 6.08 Å². The largest absolute Gasteiger partial charge is 0.370 e. The molecule has 52 valence electrons. The first-order valence-electron chi connectivity index (χ1n) is 2.91. The summed E-state index contributed by atoms with van der Waals surface area (Å²) in [4.78, 5) is 4.12. The molecule has 0 aliphatic carbocycles. The molecule has 1 aliphatic heterocycles. The van der Waals surface area contributed by atoms with E-state index in [0.717, 1.165) is 0 Å². The van der Waals surface area contributed by atoms with Crippen molar-refractivity contribution in [2.45, 2.75) is 18.6 Å². The van der Waals surface area contributed by atoms with Gasteiger partial charge in [-0.3, -0.25) is 5.26 Å². The first-order chi connectivity index (χ1) is 4.38. The van der Waals surface area contributed by atoms with Crippen LogP contribution in [0.15, 0.2) is 12.7 Å². The lowest BCUT2D eigenvalue weighted by molar-refractivity contribution is -0.281. The first kappa shape index (κ1) is 6.74. The molecule has 3 nitrogen and oxygen atoms in total. The van der Waals surface area contributed by atoms with Crippen molar-refractivity contribution < 1.29 is 14.9 Å². The van der Waals surface area contributed by atoms with Crippen molar-refractivity contribution in [1.82, 2.24) is 0 Å². The van der Waals surface area contributed by atoms with Gasteiger partial charge >= 0.3 is 0 Å². The molecule has 3 heteroatoms. The molecule has 1 saturated heterocycles. The molecule has 1 heterocycles. The predicted octanol–water partition coefficient (Wildman–Crippen LogP) is 0.819. The summed E-state index contributed by atoms with van der Waals surface area (Å²) in [5.74, 6) is 0. The van der Waals surface area contributed by atoms with Crippen LogP contribution in [-0.2, 0) is 9.62 Å². The summed E-state index contributed by atoms with van der Waals surface area (Å²) in [5.41, 5.74) is 0. The van der Waals surface area contributed by atoms with Crippen LogP contribution in [-0.4, -0.2) is 24.1 Å². The minimum atomic E-state index is -0.206. The third kappa shape index (κ3) is 1.78. The second kappa shape index (κ2) is 2.96. The van der Waals surface area contributed by atoms with Gasteiger partial charge < -0.3 is 4.74 Å². The Labute approximate surface area is 53.8 Å². The maximum atomic E-state index is 8.24. The molecular formula is C6H10O3. The molecule has 9 heavy (non-hydrogen) atoms. The third-order valence-electron chi connectivity index (χ3n) is 1.31. The lowest BCUT2D eigenvalue weighted by Crippen LogP contribution is -2.16. The van der Waals surface area contributed by atoms with E-state index in [1.807, 2.05) is 0 Å². The fourth-order valence-corrected chi connectivity index (χ4v) is 0.697. The maximum absolute atomic E-state index is 8.24. The van der Waals surface area contributed by atoms with Crippen LogP contribution in [0.1, 0.15) is 6.42 Å². The van der Waals surface area contributed by atoms with E-state index >= 15 is 0 Å². The summed E-state index contributed by atoms with van der Waals surface area (Å²) in [6.07, 6.45) is 2.22. The van der Waals surface area contributed by atoms with Gasteiger partial charge in [-0.05, 0) is 6.42 Å². The minimum absolute atomic E-state index is 0.0907. The Morgan fingerprint density at radius 2 is 2.67 bits per heavy atom. The van der Waals surface area contributed by atoms with E-state index < -0.39 is 0 Å². The van der Waals surface area contributed by atoms with Crippen LogP contribution in [0.3, 0.4) is 0 Å². The molecule has 0 aromatic rings. The summed E-state index contributed by atoms with van der Waals surface area (Å²) >= 11 is 0. The van der Waals surface area contributed by atoms with Gasteiger partial charge in [-0.2, -0.15) is 0 Å². The molecule has 0 bridgehead atoms. The lowest BCUT2D eigenvalue weighted by Gasteiger charge is -2.05. The molecule has 0 aromatic carbocycles. The van der Waals surface area contributed by atoms with Gasteiger partial charge in [0.25, 0.3) is 0 Å². The van der Waals surface area contributed by atoms with E-state index in [0.29, 0.717) is 13.0 Å². The van der Waals surface area contributed by atoms with Gasteiger partial charge in [0.1, 0.15) is 12.2 Å². The first-order valence-corrected chi connectivity index (χ1v) is 2.91. The molecule has 0 radical (unpaired) electrons. The Kier molecular flexibility index (Phi) is 2.22. The van der Waals surface area contributed by atoms with Crippen LogP contribution in [0.4, 0.5) is 0 Å². The van der Waals surface area contributed by atoms with Crippen molar-refractivity contribution in [2.24, 2.45) is 0 Å². The topological polar surface area (TPSA) is 42.0 Å². The monoisotopic (exact) mass is 130 g/mol. The number of hydrogen-bond acceptors (Lipinski definition) is 3. The molecule has 1 rings (SSSR count). The molecule has 0 saturated carbocycles. The highest BCUT2D eigenvalue weighted by molar-refractivity contribution is 4.84. The Balaban J connectivity index is 2.20. The highest BCUT2D eigenvalue weighted by atomic mass is 17.1. The number of ether oxygens (including phenoxy) is 1. The summed E-state index contributed by atoms with van der Waals surface area (Å²) in [5, 5.41) is 8.24. The zero-order valence-corrected chi connectivity index (χ0v) is 5.12. The number of epoxide rings is 1. The average Bonchev–Trinajstić information content (AvgIpc) is 2.64. The minimum Gasteiger partial charge on any atom is -0.370 e. The highest BCUT2D eigenvalue weighted by Gasteiger charge is 2.32. The zero-order valence-electron chi connectivity index (χ0n) is 5.12. The molecule has 2 atom stereocenters. The predicted molar refractivity (Wildman–Crippen MR) is 32.1 cm³/mol. The Morgan fingerprint density at radius 1 is 2.00 bits per heavy atom. The summed E-state index contributed by atoms with van der Waals surface area (Å²) < 4.78 is 4.88. The van der Waals surface area contributed by atoms with E-state index in [2.05, 4.69) is 11.5 Å². The summed E-state index contributed by atoms with van der Waals surface area (Å²) in [6, 6.07) is 0. The maximum Gasteiger partial charge on any atom is 0.124 e. The van der Waals surface area contributed by atoms with Gasteiger partial charge in [0.05, 0.1) is 6.61 Å². The standard InChI is InChI=1S/C6H10O3/c1-2-3-5(9-7)6-4-8-6/h2,5-7H,1,3-4H2. The molecule has 0 spiro atoms. The van der Waals surface area contributed by atoms with E-state index in [1.54, 1.807) is 6.08 Å². The van der Waals surface area contributed by atoms with Crippen LogP contribution >= 0.6 is 0 Å². The summed E-state index contributed by atoms with van der Waals surface area (Å²) in [6.45, 7) is 4.21. The molecule has 0 aromatic heterocycles. The van der Waals surface area contributed by atoms with Gasteiger partial charge in [0.2, 0.25) is 0 Å². The normalized spacial score (nSPS) is 27.4. The van der Waals surface area contributed by atoms with Crippen molar-refractivity contribution in [2.75, 3.05) is 6.61 Å². The van der Waals surface area contributed by atoms with Gasteiger partial charge in [0, 0.05) is 0 Å². The second-order valence-corrected chi connectivity index (χ2v) is 2.04. The van der Waals surface area contributed by atoms with Crippen LogP contribution in [0.5, 0.6) is 0 Å². The van der Waals surface area contributed by atoms with Crippen molar-refractivity contribution in [1.29, 1.82) is 0 Å². The van der Waals surface area contributed by atoms with E-state index in [9.17, 15) is 0 Å². The second-order valence-electron chi connectivity index (χ2n) is 2.04. The number of rotatable bonds is 4. The molecule has 1 N–H and O–H groups in total. The third-order valence-corrected chi connectivity index (χ3v) is 1.31. The van der Waals surface area contributed by atoms with Crippen LogP contribution in [0.25, 0.3) is 0 Å². The summed E-state index contributed by atoms with van der Waals surface area (Å²) in [7, 11) is 0. The van der Waals surface area contributed by atoms with Crippen LogP contribution < -0.4 is 0 Å². The van der Waals surface area contributed by atoms with E-state index in [4.69, 9.17) is 9.99 Å². The Hall–Kier alpha value is -0.380. The van der Waals surface area contributed by atoms with Gasteiger partial charge in [-0.15, -0.1) is 6.58 Å². The van der Waals surface area contributed by atoms with E-state index in [1.165, 1.54) is 0 Å². The van der Waals surface area contributed by atoms with Crippen LogP contribution in [0, 0.1) is 0 Å². The fourth-order valence-electron chi connectivity index (χ4n) is 0.697. The smallest absolute Gasteiger partial charge is 0.124 e. The van der Waals surface area contributed by atoms with Gasteiger partial charge in [0.15, 0.2) is 0 Å². The van der Waals surface area contributed by atoms with Crippen molar-refractivity contribution in [3.05, 3.63) is 12.7 Å². The highest BCUT2D eigenvalue weighted by Crippen LogP contribution is 2.18. The quantitative estimate of drug-likeness (QED) is 0.265. The molecule has 1 fully saturated rings. The van der Waals surface area contributed by atoms with Crippen molar-refractivity contribution in [3.63, 3.8) is 0 Å².